The number of methoxy groups -OCH3 is 1. The average Bonchev–Trinajstić information content (AvgIpc) is 2.65. The van der Waals surface area contributed by atoms with Crippen LogP contribution in [0.4, 0.5) is 0 Å². The third-order valence-corrected chi connectivity index (χ3v) is 5.40. The molecule has 0 saturated carbocycles. The molecule has 0 bridgehead atoms. The fourth-order valence-corrected chi connectivity index (χ4v) is 3.89. The van der Waals surface area contributed by atoms with E-state index in [4.69, 9.17) is 14.2 Å². The van der Waals surface area contributed by atoms with E-state index in [0.29, 0.717) is 12.2 Å². The van der Waals surface area contributed by atoms with Gasteiger partial charge >= 0.3 is 0 Å². The number of hydrogen-bond acceptors (Lipinski definition) is 4. The number of halogens is 1. The number of carbonyl (C=O) groups excluding carboxylic acids is 1. The van der Waals surface area contributed by atoms with Crippen molar-refractivity contribution in [3.63, 3.8) is 0 Å². The topological polar surface area (TPSA) is 56.8 Å². The van der Waals surface area contributed by atoms with E-state index in [1.165, 1.54) is 5.56 Å². The Labute approximate surface area is 174 Å². The molecule has 150 valence electrons. The fraction of sp³-hybridized carbons (Fsp3) is 0.409. The number of ether oxygens (including phenoxy) is 3. The van der Waals surface area contributed by atoms with E-state index in [-0.39, 0.29) is 18.6 Å². The molecular weight excluding hydrogens is 422 g/mol. The van der Waals surface area contributed by atoms with Gasteiger partial charge in [0.05, 0.1) is 17.6 Å². The standard InChI is InChI=1S/C22H26BrNO4/c1-5-14-6-9-19(17(23)10-14)27-13-21(25)24-18-12-22(2,3)28-20-11-15(26-4)7-8-16(18)20/h6-11,18H,5,12-13H2,1-4H3,(H,24,25)/t18-/m0/s1. The zero-order valence-electron chi connectivity index (χ0n) is 16.7. The Balaban J connectivity index is 1.68. The number of benzene rings is 2. The molecule has 1 heterocycles. The van der Waals surface area contributed by atoms with Crippen LogP contribution in [0.1, 0.15) is 44.4 Å². The lowest BCUT2D eigenvalue weighted by Crippen LogP contribution is -2.42. The minimum atomic E-state index is -0.392. The quantitative estimate of drug-likeness (QED) is 0.689. The second-order valence-corrected chi connectivity index (χ2v) is 8.35. The lowest BCUT2D eigenvalue weighted by Gasteiger charge is -2.38. The lowest BCUT2D eigenvalue weighted by atomic mass is 9.89. The molecule has 0 aromatic heterocycles. The third kappa shape index (κ3) is 4.79. The summed E-state index contributed by atoms with van der Waals surface area (Å²) in [6, 6.07) is 11.4. The Morgan fingerprint density at radius 1 is 1.29 bits per heavy atom. The van der Waals surface area contributed by atoms with E-state index in [1.54, 1.807) is 7.11 Å². The normalized spacial score (nSPS) is 17.2. The van der Waals surface area contributed by atoms with E-state index in [9.17, 15) is 4.79 Å². The van der Waals surface area contributed by atoms with Gasteiger partial charge in [0.25, 0.3) is 5.91 Å². The monoisotopic (exact) mass is 447 g/mol. The van der Waals surface area contributed by atoms with Gasteiger partial charge in [0.15, 0.2) is 6.61 Å². The molecule has 1 aliphatic heterocycles. The zero-order valence-corrected chi connectivity index (χ0v) is 18.3. The molecule has 28 heavy (non-hydrogen) atoms. The number of hydrogen-bond donors (Lipinski definition) is 1. The summed E-state index contributed by atoms with van der Waals surface area (Å²) in [4.78, 5) is 12.5. The van der Waals surface area contributed by atoms with Crippen molar-refractivity contribution in [2.45, 2.75) is 45.3 Å². The number of nitrogens with one attached hydrogen (secondary N) is 1. The van der Waals surface area contributed by atoms with Crippen LogP contribution in [0.2, 0.25) is 0 Å². The van der Waals surface area contributed by atoms with Crippen molar-refractivity contribution in [3.05, 3.63) is 52.0 Å². The Kier molecular flexibility index (Phi) is 6.18. The summed E-state index contributed by atoms with van der Waals surface area (Å²) in [5.74, 6) is 1.95. The van der Waals surface area contributed by atoms with Gasteiger partial charge in [-0.2, -0.15) is 0 Å². The van der Waals surface area contributed by atoms with Crippen molar-refractivity contribution in [1.29, 1.82) is 0 Å². The Hall–Kier alpha value is -2.21. The van der Waals surface area contributed by atoms with E-state index in [1.807, 2.05) is 50.2 Å². The van der Waals surface area contributed by atoms with Gasteiger partial charge in [-0.25, -0.2) is 0 Å². The summed E-state index contributed by atoms with van der Waals surface area (Å²) >= 11 is 3.50. The molecule has 2 aromatic rings. The minimum Gasteiger partial charge on any atom is -0.497 e. The molecule has 0 saturated heterocycles. The lowest BCUT2D eigenvalue weighted by molar-refractivity contribution is -0.124. The number of amides is 1. The van der Waals surface area contributed by atoms with Gasteiger partial charge in [-0.05, 0) is 66.0 Å². The second kappa shape index (κ2) is 8.43. The third-order valence-electron chi connectivity index (χ3n) is 4.78. The first-order valence-electron chi connectivity index (χ1n) is 9.39. The number of carbonyl (C=O) groups is 1. The summed E-state index contributed by atoms with van der Waals surface area (Å²) in [6.45, 7) is 6.07. The van der Waals surface area contributed by atoms with Crippen LogP contribution in [0.25, 0.3) is 0 Å². The van der Waals surface area contributed by atoms with Gasteiger partial charge in [-0.1, -0.05) is 13.0 Å². The Morgan fingerprint density at radius 3 is 2.75 bits per heavy atom. The molecule has 1 atom stereocenters. The van der Waals surface area contributed by atoms with Crippen molar-refractivity contribution >= 4 is 21.8 Å². The highest BCUT2D eigenvalue weighted by Crippen LogP contribution is 2.41. The first-order valence-corrected chi connectivity index (χ1v) is 10.2. The predicted molar refractivity (Wildman–Crippen MR) is 112 cm³/mol. The van der Waals surface area contributed by atoms with Crippen molar-refractivity contribution in [1.82, 2.24) is 5.32 Å². The molecule has 0 aliphatic carbocycles. The largest absolute Gasteiger partial charge is 0.497 e. The van der Waals surface area contributed by atoms with Crippen LogP contribution in [-0.2, 0) is 11.2 Å². The first-order chi connectivity index (χ1) is 13.3. The van der Waals surface area contributed by atoms with E-state index in [2.05, 4.69) is 28.2 Å². The number of rotatable bonds is 6. The highest BCUT2D eigenvalue weighted by molar-refractivity contribution is 9.10. The molecule has 0 fully saturated rings. The SMILES string of the molecule is CCc1ccc(OCC(=O)N[C@H]2CC(C)(C)Oc3cc(OC)ccc32)c(Br)c1. The van der Waals surface area contributed by atoms with E-state index in [0.717, 1.165) is 28.0 Å². The average molecular weight is 448 g/mol. The zero-order chi connectivity index (χ0) is 20.3. The molecule has 1 amide bonds. The van der Waals surface area contributed by atoms with Gasteiger partial charge in [0.2, 0.25) is 0 Å². The predicted octanol–water partition coefficient (Wildman–Crippen LogP) is 4.82. The molecule has 5 nitrogen and oxygen atoms in total. The first kappa shape index (κ1) is 20.5. The van der Waals surface area contributed by atoms with Crippen LogP contribution < -0.4 is 19.5 Å². The van der Waals surface area contributed by atoms with Crippen LogP contribution in [0.3, 0.4) is 0 Å². The van der Waals surface area contributed by atoms with Crippen molar-refractivity contribution in [2.24, 2.45) is 0 Å². The molecule has 1 N–H and O–H groups in total. The molecule has 0 unspecified atom stereocenters. The van der Waals surface area contributed by atoms with E-state index < -0.39 is 5.60 Å². The number of fused-ring (bicyclic) bond motifs is 1. The van der Waals surface area contributed by atoms with Crippen LogP contribution in [-0.4, -0.2) is 25.2 Å². The Morgan fingerprint density at radius 2 is 2.07 bits per heavy atom. The highest BCUT2D eigenvalue weighted by Gasteiger charge is 2.34. The molecule has 6 heteroatoms. The van der Waals surface area contributed by atoms with Crippen LogP contribution in [0, 0.1) is 0 Å². The molecule has 1 aliphatic rings. The highest BCUT2D eigenvalue weighted by atomic mass is 79.9. The summed E-state index contributed by atoms with van der Waals surface area (Å²) in [6.07, 6.45) is 1.62. The molecule has 0 spiro atoms. The van der Waals surface area contributed by atoms with Gasteiger partial charge in [-0.15, -0.1) is 0 Å². The molecule has 0 radical (unpaired) electrons. The maximum atomic E-state index is 12.5. The van der Waals surface area contributed by atoms with Gasteiger partial charge in [0.1, 0.15) is 22.8 Å². The molecule has 2 aromatic carbocycles. The van der Waals surface area contributed by atoms with Gasteiger partial charge in [-0.3, -0.25) is 4.79 Å². The van der Waals surface area contributed by atoms with Crippen molar-refractivity contribution < 1.29 is 19.0 Å². The fourth-order valence-electron chi connectivity index (χ4n) is 3.35. The van der Waals surface area contributed by atoms with Crippen LogP contribution in [0.15, 0.2) is 40.9 Å². The maximum absolute atomic E-state index is 12.5. The minimum absolute atomic E-state index is 0.0483. The van der Waals surface area contributed by atoms with Crippen LogP contribution in [0.5, 0.6) is 17.2 Å². The van der Waals surface area contributed by atoms with Gasteiger partial charge < -0.3 is 19.5 Å². The van der Waals surface area contributed by atoms with Crippen LogP contribution >= 0.6 is 15.9 Å². The summed E-state index contributed by atoms with van der Waals surface area (Å²) in [5, 5.41) is 3.08. The Bertz CT molecular complexity index is 866. The van der Waals surface area contributed by atoms with Crippen molar-refractivity contribution in [3.8, 4) is 17.2 Å². The smallest absolute Gasteiger partial charge is 0.258 e. The molecular formula is C22H26BrNO4. The van der Waals surface area contributed by atoms with E-state index >= 15 is 0 Å². The summed E-state index contributed by atoms with van der Waals surface area (Å²) < 4.78 is 17.9. The summed E-state index contributed by atoms with van der Waals surface area (Å²) in [7, 11) is 1.62. The number of aryl methyl sites for hydroxylation is 1. The maximum Gasteiger partial charge on any atom is 0.258 e. The second-order valence-electron chi connectivity index (χ2n) is 7.50. The van der Waals surface area contributed by atoms with Crippen molar-refractivity contribution in [2.75, 3.05) is 13.7 Å². The summed E-state index contributed by atoms with van der Waals surface area (Å²) in [5.41, 5.74) is 1.76. The molecule has 3 rings (SSSR count). The van der Waals surface area contributed by atoms with Gasteiger partial charge in [0, 0.05) is 18.1 Å².